The number of benzene rings is 1. The van der Waals surface area contributed by atoms with Gasteiger partial charge in [-0.25, -0.2) is 0 Å². The van der Waals surface area contributed by atoms with Crippen LogP contribution in [0.1, 0.15) is 35.8 Å². The fourth-order valence-electron chi connectivity index (χ4n) is 3.85. The molecule has 1 fully saturated rings. The fraction of sp³-hybridized carbons (Fsp3) is 0.300. The average Bonchev–Trinajstić information content (AvgIpc) is 3.41. The molecule has 1 atom stereocenters. The van der Waals surface area contributed by atoms with Gasteiger partial charge in [0.25, 0.3) is 0 Å². The van der Waals surface area contributed by atoms with Crippen molar-refractivity contribution >= 4 is 11.6 Å². The lowest BCUT2D eigenvalue weighted by molar-refractivity contribution is -0.117. The number of aryl methyl sites for hydroxylation is 2. The van der Waals surface area contributed by atoms with Crippen molar-refractivity contribution in [2.24, 2.45) is 0 Å². The van der Waals surface area contributed by atoms with Gasteiger partial charge in [0.1, 0.15) is 5.69 Å². The van der Waals surface area contributed by atoms with Crippen LogP contribution in [0.4, 0.5) is 5.69 Å². The third-order valence-electron chi connectivity index (χ3n) is 5.20. The van der Waals surface area contributed by atoms with Gasteiger partial charge in [-0.15, -0.1) is 0 Å². The van der Waals surface area contributed by atoms with E-state index in [1.807, 2.05) is 23.1 Å². The van der Waals surface area contributed by atoms with Crippen molar-refractivity contribution in [2.75, 3.05) is 11.4 Å². The lowest BCUT2D eigenvalue weighted by atomic mass is 10.1. The standard InChI is InChI=1S/C20H18N4O2/c25-18-11-15(20-22-19(23-26-20)17-6-1-2-9-21-17)12-24(18)16-8-7-13-4-3-5-14(13)10-16/h1-2,6-10,15H,3-5,11-12H2. The maximum atomic E-state index is 12.6. The number of nitrogens with zero attached hydrogens (tertiary/aromatic N) is 4. The molecule has 1 amide bonds. The molecule has 26 heavy (non-hydrogen) atoms. The minimum Gasteiger partial charge on any atom is -0.339 e. The summed E-state index contributed by atoms with van der Waals surface area (Å²) in [4.78, 5) is 23.1. The molecule has 6 heteroatoms. The first kappa shape index (κ1) is 15.3. The van der Waals surface area contributed by atoms with Crippen LogP contribution in [0, 0.1) is 0 Å². The van der Waals surface area contributed by atoms with Crippen molar-refractivity contribution in [3.05, 3.63) is 59.6 Å². The molecule has 2 aliphatic rings. The van der Waals surface area contributed by atoms with Crippen molar-refractivity contribution in [3.63, 3.8) is 0 Å². The molecule has 1 aliphatic carbocycles. The zero-order valence-electron chi connectivity index (χ0n) is 14.3. The average molecular weight is 346 g/mol. The molecule has 0 bridgehead atoms. The van der Waals surface area contributed by atoms with Crippen LogP contribution < -0.4 is 4.90 Å². The van der Waals surface area contributed by atoms with Crippen LogP contribution in [0.3, 0.4) is 0 Å². The summed E-state index contributed by atoms with van der Waals surface area (Å²) in [6, 6.07) is 11.9. The van der Waals surface area contributed by atoms with E-state index in [4.69, 9.17) is 4.52 Å². The Hall–Kier alpha value is -3.02. The summed E-state index contributed by atoms with van der Waals surface area (Å²) in [6.45, 7) is 0.571. The number of carbonyl (C=O) groups excluding carboxylic acids is 1. The smallest absolute Gasteiger partial charge is 0.232 e. The van der Waals surface area contributed by atoms with E-state index >= 15 is 0 Å². The topological polar surface area (TPSA) is 72.1 Å². The summed E-state index contributed by atoms with van der Waals surface area (Å²) in [5.74, 6) is 0.984. The molecule has 2 aromatic heterocycles. The predicted octanol–water partition coefficient (Wildman–Crippen LogP) is 3.14. The van der Waals surface area contributed by atoms with Crippen LogP contribution in [0.15, 0.2) is 47.1 Å². The molecule has 0 N–H and O–H groups in total. The van der Waals surface area contributed by atoms with Gasteiger partial charge in [0.15, 0.2) is 0 Å². The van der Waals surface area contributed by atoms with Crippen LogP contribution >= 0.6 is 0 Å². The Bertz CT molecular complexity index is 967. The van der Waals surface area contributed by atoms with E-state index < -0.39 is 0 Å². The number of amides is 1. The summed E-state index contributed by atoms with van der Waals surface area (Å²) >= 11 is 0. The van der Waals surface area contributed by atoms with Gasteiger partial charge in [-0.05, 0) is 54.7 Å². The van der Waals surface area contributed by atoms with Crippen LogP contribution in [-0.4, -0.2) is 27.6 Å². The molecule has 3 aromatic rings. The molecule has 0 saturated carbocycles. The molecule has 1 unspecified atom stereocenters. The highest BCUT2D eigenvalue weighted by atomic mass is 16.5. The van der Waals surface area contributed by atoms with Gasteiger partial charge < -0.3 is 9.42 Å². The Morgan fingerprint density at radius 1 is 1.12 bits per heavy atom. The molecular weight excluding hydrogens is 328 g/mol. The van der Waals surface area contributed by atoms with Gasteiger partial charge in [0.05, 0.1) is 5.92 Å². The van der Waals surface area contributed by atoms with E-state index in [1.54, 1.807) is 6.20 Å². The van der Waals surface area contributed by atoms with Crippen LogP contribution in [0.5, 0.6) is 0 Å². The van der Waals surface area contributed by atoms with Gasteiger partial charge in [-0.3, -0.25) is 9.78 Å². The Labute approximate surface area is 150 Å². The summed E-state index contributed by atoms with van der Waals surface area (Å²) in [7, 11) is 0. The van der Waals surface area contributed by atoms with Crippen molar-refractivity contribution in [1.29, 1.82) is 0 Å². The quantitative estimate of drug-likeness (QED) is 0.728. The molecule has 6 nitrogen and oxygen atoms in total. The Morgan fingerprint density at radius 2 is 2.04 bits per heavy atom. The van der Waals surface area contributed by atoms with Gasteiger partial charge in [-0.2, -0.15) is 4.98 Å². The molecule has 3 heterocycles. The number of aromatic nitrogens is 3. The number of carbonyl (C=O) groups is 1. The highest BCUT2D eigenvalue weighted by Crippen LogP contribution is 2.34. The van der Waals surface area contributed by atoms with E-state index in [-0.39, 0.29) is 11.8 Å². The lowest BCUT2D eigenvalue weighted by Crippen LogP contribution is -2.24. The van der Waals surface area contributed by atoms with Crippen molar-refractivity contribution in [2.45, 2.75) is 31.6 Å². The molecule has 0 spiro atoms. The van der Waals surface area contributed by atoms with E-state index in [0.717, 1.165) is 18.5 Å². The third kappa shape index (κ3) is 2.58. The summed E-state index contributed by atoms with van der Waals surface area (Å²) in [6.07, 6.45) is 5.53. The second-order valence-corrected chi connectivity index (χ2v) is 6.88. The number of hydrogen-bond donors (Lipinski definition) is 0. The van der Waals surface area contributed by atoms with Crippen molar-refractivity contribution in [3.8, 4) is 11.5 Å². The molecule has 130 valence electrons. The normalized spacial score (nSPS) is 19.2. The number of rotatable bonds is 3. The molecule has 5 rings (SSSR count). The maximum Gasteiger partial charge on any atom is 0.232 e. The van der Waals surface area contributed by atoms with Gasteiger partial charge in [0.2, 0.25) is 17.6 Å². The third-order valence-corrected chi connectivity index (χ3v) is 5.20. The lowest BCUT2D eigenvalue weighted by Gasteiger charge is -2.17. The van der Waals surface area contributed by atoms with Crippen LogP contribution in [-0.2, 0) is 17.6 Å². The van der Waals surface area contributed by atoms with Crippen LogP contribution in [0.25, 0.3) is 11.5 Å². The first-order valence-corrected chi connectivity index (χ1v) is 8.95. The highest BCUT2D eigenvalue weighted by Gasteiger charge is 2.35. The number of fused-ring (bicyclic) bond motifs is 1. The van der Waals surface area contributed by atoms with E-state index in [9.17, 15) is 4.79 Å². The number of pyridine rings is 1. The Morgan fingerprint density at radius 3 is 2.92 bits per heavy atom. The number of anilines is 1. The second kappa shape index (κ2) is 6.05. The minimum absolute atomic E-state index is 0.0827. The van der Waals surface area contributed by atoms with Crippen molar-refractivity contribution < 1.29 is 9.32 Å². The largest absolute Gasteiger partial charge is 0.339 e. The van der Waals surface area contributed by atoms with Gasteiger partial charge in [-0.1, -0.05) is 17.3 Å². The van der Waals surface area contributed by atoms with Crippen LogP contribution in [0.2, 0.25) is 0 Å². The monoisotopic (exact) mass is 346 g/mol. The first-order chi connectivity index (χ1) is 12.8. The zero-order valence-corrected chi connectivity index (χ0v) is 14.3. The molecular formula is C20H18N4O2. The Kier molecular flexibility index (Phi) is 3.55. The zero-order chi connectivity index (χ0) is 17.5. The molecule has 1 aromatic carbocycles. The molecule has 1 saturated heterocycles. The van der Waals surface area contributed by atoms with Crippen molar-refractivity contribution in [1.82, 2.24) is 15.1 Å². The SMILES string of the molecule is O=C1CC(c2nc(-c3ccccn3)no2)CN1c1ccc2c(c1)CCC2. The number of hydrogen-bond acceptors (Lipinski definition) is 5. The van der Waals surface area contributed by atoms with E-state index in [0.29, 0.717) is 30.4 Å². The Balaban J connectivity index is 1.38. The highest BCUT2D eigenvalue weighted by molar-refractivity contribution is 5.96. The predicted molar refractivity (Wildman–Crippen MR) is 95.7 cm³/mol. The molecule has 1 aliphatic heterocycles. The summed E-state index contributed by atoms with van der Waals surface area (Å²) in [5.41, 5.74) is 4.42. The van der Waals surface area contributed by atoms with E-state index in [1.165, 1.54) is 17.5 Å². The maximum absolute atomic E-state index is 12.6. The fourth-order valence-corrected chi connectivity index (χ4v) is 3.85. The van der Waals surface area contributed by atoms with E-state index in [2.05, 4.69) is 33.3 Å². The first-order valence-electron chi connectivity index (χ1n) is 8.95. The minimum atomic E-state index is -0.0827. The summed E-state index contributed by atoms with van der Waals surface area (Å²) < 4.78 is 5.43. The van der Waals surface area contributed by atoms with Gasteiger partial charge >= 0.3 is 0 Å². The van der Waals surface area contributed by atoms with Gasteiger partial charge in [0, 0.05) is 24.8 Å². The second-order valence-electron chi connectivity index (χ2n) is 6.88. The molecule has 0 radical (unpaired) electrons. The summed E-state index contributed by atoms with van der Waals surface area (Å²) in [5, 5.41) is 4.02.